The maximum atomic E-state index is 13.2. The predicted octanol–water partition coefficient (Wildman–Crippen LogP) is 5.54. The molecule has 3 aromatic rings. The largest absolute Gasteiger partial charge is 0.382 e. The molecule has 0 bridgehead atoms. The lowest BCUT2D eigenvalue weighted by Gasteiger charge is -2.16. The summed E-state index contributed by atoms with van der Waals surface area (Å²) in [6.07, 6.45) is 0.800. The number of aliphatic imine (C=N–C) groups is 1. The third-order valence-electron chi connectivity index (χ3n) is 5.63. The summed E-state index contributed by atoms with van der Waals surface area (Å²) in [6.45, 7) is 5.68. The van der Waals surface area contributed by atoms with Gasteiger partial charge in [-0.3, -0.25) is 14.5 Å². The van der Waals surface area contributed by atoms with E-state index in [9.17, 15) is 9.59 Å². The van der Waals surface area contributed by atoms with Crippen LogP contribution in [0.15, 0.2) is 71.7 Å². The van der Waals surface area contributed by atoms with E-state index >= 15 is 0 Å². The second kappa shape index (κ2) is 11.3. The van der Waals surface area contributed by atoms with Crippen LogP contribution in [0.4, 0.5) is 11.4 Å². The van der Waals surface area contributed by atoms with Crippen molar-refractivity contribution in [2.75, 3.05) is 25.1 Å². The molecule has 3 aromatic carbocycles. The average molecular weight is 476 g/mol. The lowest BCUT2D eigenvalue weighted by Crippen LogP contribution is -2.34. The van der Waals surface area contributed by atoms with E-state index in [2.05, 4.69) is 5.32 Å². The first-order chi connectivity index (χ1) is 16.5. The van der Waals surface area contributed by atoms with Gasteiger partial charge in [0.15, 0.2) is 5.17 Å². The molecule has 1 fully saturated rings. The number of para-hydroxylation sites is 1. The van der Waals surface area contributed by atoms with Gasteiger partial charge >= 0.3 is 0 Å². The van der Waals surface area contributed by atoms with Crippen molar-refractivity contribution in [1.82, 2.24) is 4.90 Å². The van der Waals surface area contributed by atoms with Crippen LogP contribution in [-0.2, 0) is 14.3 Å². The Kier molecular flexibility index (Phi) is 7.98. The molecule has 0 saturated carbocycles. The monoisotopic (exact) mass is 475 g/mol. The van der Waals surface area contributed by atoms with E-state index in [1.807, 2.05) is 80.6 Å². The van der Waals surface area contributed by atoms with Gasteiger partial charge in [0, 0.05) is 31.9 Å². The average Bonchev–Trinajstić information content (AvgIpc) is 3.12. The number of benzene rings is 3. The van der Waals surface area contributed by atoms with E-state index in [4.69, 9.17) is 9.73 Å². The van der Waals surface area contributed by atoms with Gasteiger partial charge in [0.2, 0.25) is 11.8 Å². The molecule has 4 rings (SSSR count). The number of anilines is 1. The Hall–Kier alpha value is -3.16. The Morgan fingerprint density at radius 1 is 1.09 bits per heavy atom. The number of carbonyl (C=O) groups excluding carboxylic acids is 2. The summed E-state index contributed by atoms with van der Waals surface area (Å²) in [5, 5.41) is 5.25. The minimum atomic E-state index is -0.504. The van der Waals surface area contributed by atoms with Crippen LogP contribution in [-0.4, -0.2) is 46.9 Å². The molecular weight excluding hydrogens is 446 g/mol. The Morgan fingerprint density at radius 2 is 1.85 bits per heavy atom. The van der Waals surface area contributed by atoms with E-state index in [-0.39, 0.29) is 18.2 Å². The number of nitrogens with one attached hydrogen (secondary N) is 1. The van der Waals surface area contributed by atoms with Gasteiger partial charge in [-0.05, 0) is 54.8 Å². The molecular formula is C27H29N3O3S. The zero-order valence-electron chi connectivity index (χ0n) is 19.5. The standard InChI is InChI=1S/C27H29N3O3S/c1-3-33-16-8-15-30-26(32)24(34-27(30)29-23-12-7-4-9-19(23)2)18-25(31)28-22-14-13-20-10-5-6-11-21(20)17-22/h4-7,9-14,17,24H,3,8,15-16,18H2,1-2H3,(H,28,31)/t24-/m1/s1. The maximum absolute atomic E-state index is 13.2. The van der Waals surface area contributed by atoms with Gasteiger partial charge in [0.05, 0.1) is 5.69 Å². The van der Waals surface area contributed by atoms with E-state index < -0.39 is 5.25 Å². The first kappa shape index (κ1) is 24.0. The van der Waals surface area contributed by atoms with Crippen molar-refractivity contribution < 1.29 is 14.3 Å². The molecule has 1 aliphatic rings. The van der Waals surface area contributed by atoms with Crippen LogP contribution in [0, 0.1) is 6.92 Å². The van der Waals surface area contributed by atoms with Crippen LogP contribution in [0.25, 0.3) is 10.8 Å². The summed E-state index contributed by atoms with van der Waals surface area (Å²) >= 11 is 1.36. The lowest BCUT2D eigenvalue weighted by atomic mass is 10.1. The smallest absolute Gasteiger partial charge is 0.242 e. The normalized spacial score (nSPS) is 17.0. The summed E-state index contributed by atoms with van der Waals surface area (Å²) in [4.78, 5) is 32.5. The molecule has 34 heavy (non-hydrogen) atoms. The van der Waals surface area contributed by atoms with E-state index in [0.29, 0.717) is 31.3 Å². The molecule has 0 aromatic heterocycles. The third-order valence-corrected chi connectivity index (χ3v) is 6.81. The van der Waals surface area contributed by atoms with Crippen molar-refractivity contribution in [3.05, 3.63) is 72.3 Å². The Balaban J connectivity index is 1.47. The van der Waals surface area contributed by atoms with Crippen LogP contribution < -0.4 is 5.32 Å². The Morgan fingerprint density at radius 3 is 2.65 bits per heavy atom. The topological polar surface area (TPSA) is 71.0 Å². The molecule has 1 aliphatic heterocycles. The number of nitrogens with zero attached hydrogens (tertiary/aromatic N) is 2. The Bertz CT molecular complexity index is 1210. The number of carbonyl (C=O) groups is 2. The zero-order chi connectivity index (χ0) is 23.9. The maximum Gasteiger partial charge on any atom is 0.242 e. The van der Waals surface area contributed by atoms with Gasteiger partial charge in [-0.1, -0.05) is 60.3 Å². The summed E-state index contributed by atoms with van der Waals surface area (Å²) in [5.41, 5.74) is 2.59. The van der Waals surface area contributed by atoms with E-state index in [1.54, 1.807) is 4.90 Å². The van der Waals surface area contributed by atoms with Crippen LogP contribution in [0.5, 0.6) is 0 Å². The molecule has 6 nitrogen and oxygen atoms in total. The van der Waals surface area contributed by atoms with Gasteiger partial charge in [-0.15, -0.1) is 0 Å². The van der Waals surface area contributed by atoms with Gasteiger partial charge in [0.25, 0.3) is 0 Å². The summed E-state index contributed by atoms with van der Waals surface area (Å²) < 4.78 is 5.44. The number of thioether (sulfide) groups is 1. The molecule has 0 aliphatic carbocycles. The summed E-state index contributed by atoms with van der Waals surface area (Å²) in [5.74, 6) is -0.268. The molecule has 1 N–H and O–H groups in total. The molecule has 0 spiro atoms. The summed E-state index contributed by atoms with van der Waals surface area (Å²) in [6, 6.07) is 21.6. The number of amides is 2. The number of amidine groups is 1. The van der Waals surface area contributed by atoms with E-state index in [1.165, 1.54) is 11.8 Å². The summed E-state index contributed by atoms with van der Waals surface area (Å²) in [7, 11) is 0. The van der Waals surface area contributed by atoms with Crippen molar-refractivity contribution in [3.8, 4) is 0 Å². The van der Waals surface area contributed by atoms with Crippen molar-refractivity contribution in [2.45, 2.75) is 31.9 Å². The van der Waals surface area contributed by atoms with Crippen LogP contribution in [0.2, 0.25) is 0 Å². The highest BCUT2D eigenvalue weighted by Crippen LogP contribution is 2.33. The molecule has 1 atom stereocenters. The minimum Gasteiger partial charge on any atom is -0.382 e. The predicted molar refractivity (Wildman–Crippen MR) is 140 cm³/mol. The fraction of sp³-hybridized carbons (Fsp3) is 0.296. The first-order valence-electron chi connectivity index (χ1n) is 11.5. The quantitative estimate of drug-likeness (QED) is 0.413. The van der Waals surface area contributed by atoms with Crippen molar-refractivity contribution in [2.24, 2.45) is 4.99 Å². The zero-order valence-corrected chi connectivity index (χ0v) is 20.3. The molecule has 0 radical (unpaired) electrons. The lowest BCUT2D eigenvalue weighted by molar-refractivity contribution is -0.128. The van der Waals surface area contributed by atoms with Gasteiger partial charge < -0.3 is 10.1 Å². The highest BCUT2D eigenvalue weighted by molar-refractivity contribution is 8.15. The molecule has 1 heterocycles. The van der Waals surface area contributed by atoms with Crippen molar-refractivity contribution in [1.29, 1.82) is 0 Å². The van der Waals surface area contributed by atoms with E-state index in [0.717, 1.165) is 27.7 Å². The molecule has 7 heteroatoms. The second-order valence-corrected chi connectivity index (χ2v) is 9.31. The fourth-order valence-corrected chi connectivity index (χ4v) is 5.02. The number of fused-ring (bicyclic) bond motifs is 1. The van der Waals surface area contributed by atoms with Gasteiger partial charge in [0.1, 0.15) is 5.25 Å². The fourth-order valence-electron chi connectivity index (χ4n) is 3.84. The SMILES string of the molecule is CCOCCCN1C(=O)[C@@H](CC(=O)Nc2ccc3ccccc3c2)SC1=Nc1ccccc1C. The number of hydrogen-bond donors (Lipinski definition) is 1. The van der Waals surface area contributed by atoms with Crippen LogP contribution in [0.1, 0.15) is 25.3 Å². The van der Waals surface area contributed by atoms with Crippen LogP contribution >= 0.6 is 11.8 Å². The Labute approximate surface area is 204 Å². The van der Waals surface area contributed by atoms with Crippen molar-refractivity contribution >= 4 is 50.9 Å². The number of hydrogen-bond acceptors (Lipinski definition) is 5. The van der Waals surface area contributed by atoms with Crippen LogP contribution in [0.3, 0.4) is 0 Å². The highest BCUT2D eigenvalue weighted by Gasteiger charge is 2.39. The highest BCUT2D eigenvalue weighted by atomic mass is 32.2. The minimum absolute atomic E-state index is 0.0810. The first-order valence-corrected chi connectivity index (χ1v) is 12.4. The second-order valence-electron chi connectivity index (χ2n) is 8.14. The number of aryl methyl sites for hydroxylation is 1. The number of ether oxygens (including phenoxy) is 1. The third kappa shape index (κ3) is 5.85. The molecule has 0 unspecified atom stereocenters. The van der Waals surface area contributed by atoms with Gasteiger partial charge in [-0.25, -0.2) is 4.99 Å². The van der Waals surface area contributed by atoms with Crippen molar-refractivity contribution in [3.63, 3.8) is 0 Å². The van der Waals surface area contributed by atoms with Gasteiger partial charge in [-0.2, -0.15) is 0 Å². The molecule has 2 amide bonds. The number of rotatable bonds is 9. The molecule has 1 saturated heterocycles. The molecule has 176 valence electrons.